The molecule has 0 amide bonds. The predicted octanol–water partition coefficient (Wildman–Crippen LogP) is 3.46. The summed E-state index contributed by atoms with van der Waals surface area (Å²) < 4.78 is 0. The number of hydrogen-bond donors (Lipinski definition) is 2. The first-order chi connectivity index (χ1) is 10.7. The minimum absolute atomic E-state index is 0. The van der Waals surface area contributed by atoms with E-state index in [0.717, 1.165) is 31.5 Å². The topological polar surface area (TPSA) is 39.7 Å². The van der Waals surface area contributed by atoms with Gasteiger partial charge in [-0.3, -0.25) is 0 Å². The van der Waals surface area contributed by atoms with E-state index in [2.05, 4.69) is 48.4 Å². The summed E-state index contributed by atoms with van der Waals surface area (Å²) in [7, 11) is 0. The summed E-state index contributed by atoms with van der Waals surface area (Å²) in [5, 5.41) is 6.88. The van der Waals surface area contributed by atoms with Crippen molar-refractivity contribution < 1.29 is 0 Å². The van der Waals surface area contributed by atoms with Gasteiger partial charge in [0.1, 0.15) is 0 Å². The number of nitrogens with one attached hydrogen (secondary N) is 2. The molecule has 132 valence electrons. The number of rotatable bonds is 6. The van der Waals surface area contributed by atoms with Crippen molar-refractivity contribution in [1.29, 1.82) is 0 Å². The highest BCUT2D eigenvalue weighted by Crippen LogP contribution is 2.16. The summed E-state index contributed by atoms with van der Waals surface area (Å²) in [6.07, 6.45) is 2.65. The first kappa shape index (κ1) is 20.7. The zero-order valence-corrected chi connectivity index (χ0v) is 17.7. The first-order valence-corrected chi connectivity index (χ1v) is 9.32. The van der Waals surface area contributed by atoms with E-state index in [9.17, 15) is 0 Å². The van der Waals surface area contributed by atoms with Crippen LogP contribution in [0.5, 0.6) is 0 Å². The lowest BCUT2D eigenvalue weighted by atomic mass is 9.98. The summed E-state index contributed by atoms with van der Waals surface area (Å²) in [6, 6.07) is 4.34. The molecule has 2 rings (SSSR count). The van der Waals surface area contributed by atoms with Gasteiger partial charge in [-0.15, -0.1) is 35.3 Å². The Morgan fingerprint density at radius 2 is 2.17 bits per heavy atom. The van der Waals surface area contributed by atoms with E-state index in [-0.39, 0.29) is 24.0 Å². The van der Waals surface area contributed by atoms with Crippen molar-refractivity contribution in [1.82, 2.24) is 15.5 Å². The van der Waals surface area contributed by atoms with Crippen LogP contribution >= 0.6 is 35.3 Å². The van der Waals surface area contributed by atoms with Gasteiger partial charge < -0.3 is 15.5 Å². The van der Waals surface area contributed by atoms with Gasteiger partial charge in [0.05, 0.1) is 6.54 Å². The maximum atomic E-state index is 4.71. The molecule has 1 unspecified atom stereocenters. The number of thiophene rings is 1. The van der Waals surface area contributed by atoms with Gasteiger partial charge in [0.25, 0.3) is 0 Å². The Balaban J connectivity index is 0.00000264. The highest BCUT2D eigenvalue weighted by atomic mass is 127. The smallest absolute Gasteiger partial charge is 0.191 e. The lowest BCUT2D eigenvalue weighted by Gasteiger charge is -2.32. The standard InChI is InChI=1S/C17H30N4S.HI/c1-4-18-17(20-12-16-9-8-14(3)22-16)19-11-15-7-6-10-21(5-2)13-15;/h8-9,15H,4-7,10-13H2,1-3H3,(H2,18,19,20);1H. The molecule has 1 aliphatic rings. The molecule has 0 radical (unpaired) electrons. The SMILES string of the molecule is CCNC(=NCc1ccc(C)s1)NCC1CCCN(CC)C1.I. The minimum atomic E-state index is 0. The third-order valence-corrected chi connectivity index (χ3v) is 5.13. The molecule has 1 saturated heterocycles. The van der Waals surface area contributed by atoms with E-state index in [1.54, 1.807) is 0 Å². The van der Waals surface area contributed by atoms with Gasteiger partial charge >= 0.3 is 0 Å². The van der Waals surface area contributed by atoms with Crippen molar-refractivity contribution in [3.63, 3.8) is 0 Å². The van der Waals surface area contributed by atoms with Gasteiger partial charge in [-0.25, -0.2) is 4.99 Å². The van der Waals surface area contributed by atoms with Crippen molar-refractivity contribution in [3.8, 4) is 0 Å². The molecule has 4 nitrogen and oxygen atoms in total. The molecule has 0 aliphatic carbocycles. The highest BCUT2D eigenvalue weighted by Gasteiger charge is 2.18. The van der Waals surface area contributed by atoms with Crippen molar-refractivity contribution in [2.24, 2.45) is 10.9 Å². The van der Waals surface area contributed by atoms with Gasteiger partial charge in [0, 0.05) is 29.4 Å². The fourth-order valence-electron chi connectivity index (χ4n) is 2.91. The molecule has 1 aromatic heterocycles. The molecule has 0 aromatic carbocycles. The molecular formula is C17H31IN4S. The summed E-state index contributed by atoms with van der Waals surface area (Å²) >= 11 is 1.83. The average molecular weight is 450 g/mol. The van der Waals surface area contributed by atoms with Gasteiger partial charge in [0.2, 0.25) is 0 Å². The number of halogens is 1. The third kappa shape index (κ3) is 7.39. The number of guanidine groups is 1. The fraction of sp³-hybridized carbons (Fsp3) is 0.706. The first-order valence-electron chi connectivity index (χ1n) is 8.51. The summed E-state index contributed by atoms with van der Waals surface area (Å²) in [4.78, 5) is 9.94. The Morgan fingerprint density at radius 3 is 2.83 bits per heavy atom. The average Bonchev–Trinajstić information content (AvgIpc) is 2.96. The van der Waals surface area contributed by atoms with E-state index >= 15 is 0 Å². The largest absolute Gasteiger partial charge is 0.357 e. The van der Waals surface area contributed by atoms with Crippen LogP contribution in [0.25, 0.3) is 0 Å². The Bertz CT molecular complexity index is 475. The van der Waals surface area contributed by atoms with Gasteiger partial charge in [0.15, 0.2) is 5.96 Å². The molecule has 0 spiro atoms. The van der Waals surface area contributed by atoms with Crippen LogP contribution in [0, 0.1) is 12.8 Å². The number of hydrogen-bond acceptors (Lipinski definition) is 3. The van der Waals surface area contributed by atoms with Crippen LogP contribution in [-0.4, -0.2) is 43.6 Å². The maximum Gasteiger partial charge on any atom is 0.191 e. The minimum Gasteiger partial charge on any atom is -0.357 e. The number of likely N-dealkylation sites (tertiary alicyclic amines) is 1. The number of piperidine rings is 1. The molecule has 2 N–H and O–H groups in total. The van der Waals surface area contributed by atoms with Crippen LogP contribution in [-0.2, 0) is 6.54 Å². The molecule has 23 heavy (non-hydrogen) atoms. The third-order valence-electron chi connectivity index (χ3n) is 4.14. The zero-order chi connectivity index (χ0) is 15.8. The summed E-state index contributed by atoms with van der Waals surface area (Å²) in [5.74, 6) is 1.68. The Morgan fingerprint density at radius 1 is 1.35 bits per heavy atom. The Labute approximate surface area is 162 Å². The van der Waals surface area contributed by atoms with Crippen LogP contribution in [0.15, 0.2) is 17.1 Å². The predicted molar refractivity (Wildman–Crippen MR) is 112 cm³/mol. The van der Waals surface area contributed by atoms with Gasteiger partial charge in [-0.05, 0) is 57.8 Å². The van der Waals surface area contributed by atoms with Crippen molar-refractivity contribution in [2.75, 3.05) is 32.7 Å². The fourth-order valence-corrected chi connectivity index (χ4v) is 3.73. The second kappa shape index (κ2) is 11.3. The van der Waals surface area contributed by atoms with E-state index in [0.29, 0.717) is 0 Å². The van der Waals surface area contributed by atoms with Crippen LogP contribution < -0.4 is 10.6 Å². The quantitative estimate of drug-likeness (QED) is 0.396. The van der Waals surface area contributed by atoms with E-state index in [4.69, 9.17) is 4.99 Å². The number of aryl methyl sites for hydroxylation is 1. The molecule has 1 atom stereocenters. The van der Waals surface area contributed by atoms with Crippen molar-refractivity contribution >= 4 is 41.3 Å². The second-order valence-corrected chi connectivity index (χ2v) is 7.36. The van der Waals surface area contributed by atoms with Crippen LogP contribution in [0.3, 0.4) is 0 Å². The second-order valence-electron chi connectivity index (χ2n) is 5.99. The Kier molecular flexibility index (Phi) is 10.1. The van der Waals surface area contributed by atoms with Crippen LogP contribution in [0.1, 0.15) is 36.4 Å². The normalized spacial score (nSPS) is 19.3. The van der Waals surface area contributed by atoms with Crippen molar-refractivity contribution in [2.45, 2.75) is 40.2 Å². The monoisotopic (exact) mass is 450 g/mol. The molecule has 6 heteroatoms. The van der Waals surface area contributed by atoms with Gasteiger partial charge in [-0.1, -0.05) is 6.92 Å². The molecule has 1 aliphatic heterocycles. The molecular weight excluding hydrogens is 419 g/mol. The highest BCUT2D eigenvalue weighted by molar-refractivity contribution is 14.0. The molecule has 2 heterocycles. The van der Waals surface area contributed by atoms with Gasteiger partial charge in [-0.2, -0.15) is 0 Å². The Hall–Kier alpha value is -0.340. The summed E-state index contributed by atoms with van der Waals surface area (Å²) in [5.41, 5.74) is 0. The lowest BCUT2D eigenvalue weighted by Crippen LogP contribution is -2.44. The van der Waals surface area contributed by atoms with Crippen LogP contribution in [0.4, 0.5) is 0 Å². The van der Waals surface area contributed by atoms with E-state index < -0.39 is 0 Å². The molecule has 1 fully saturated rings. The number of nitrogens with zero attached hydrogens (tertiary/aromatic N) is 2. The zero-order valence-electron chi connectivity index (χ0n) is 14.6. The molecule has 0 saturated carbocycles. The summed E-state index contributed by atoms with van der Waals surface area (Å²) in [6.45, 7) is 12.8. The number of aliphatic imine (C=N–C) groups is 1. The lowest BCUT2D eigenvalue weighted by molar-refractivity contribution is 0.183. The molecule has 1 aromatic rings. The van der Waals surface area contributed by atoms with Crippen LogP contribution in [0.2, 0.25) is 0 Å². The van der Waals surface area contributed by atoms with E-state index in [1.807, 2.05) is 11.3 Å². The molecule has 0 bridgehead atoms. The van der Waals surface area contributed by atoms with E-state index in [1.165, 1.54) is 42.2 Å². The maximum absolute atomic E-state index is 4.71. The van der Waals surface area contributed by atoms with Crippen molar-refractivity contribution in [3.05, 3.63) is 21.9 Å².